The predicted octanol–water partition coefficient (Wildman–Crippen LogP) is 4.22. The first-order valence-electron chi connectivity index (χ1n) is 10.2. The molecule has 6 nitrogen and oxygen atoms in total. The molecule has 0 aliphatic carbocycles. The van der Waals surface area contributed by atoms with Crippen molar-refractivity contribution in [2.24, 2.45) is 0 Å². The van der Waals surface area contributed by atoms with Crippen LogP contribution in [-0.4, -0.2) is 39.2 Å². The van der Waals surface area contributed by atoms with Crippen LogP contribution in [0.5, 0.6) is 0 Å². The summed E-state index contributed by atoms with van der Waals surface area (Å²) >= 11 is 0. The van der Waals surface area contributed by atoms with Gasteiger partial charge in [-0.2, -0.15) is 0 Å². The van der Waals surface area contributed by atoms with Crippen molar-refractivity contribution >= 4 is 23.0 Å². The molecule has 4 rings (SSSR count). The van der Waals surface area contributed by atoms with Crippen LogP contribution in [0.1, 0.15) is 57.9 Å². The number of imidazole rings is 1. The van der Waals surface area contributed by atoms with Gasteiger partial charge in [-0.1, -0.05) is 37.1 Å². The number of likely N-dealkylation sites (tertiary alicyclic amines) is 1. The zero-order chi connectivity index (χ0) is 20.4. The minimum atomic E-state index is -0.305. The molecule has 0 unspecified atom stereocenters. The average molecular weight is 390 g/mol. The monoisotopic (exact) mass is 390 g/mol. The van der Waals surface area contributed by atoms with Crippen LogP contribution in [0.4, 0.5) is 5.69 Å². The highest BCUT2D eigenvalue weighted by Crippen LogP contribution is 2.22. The SMILES string of the molecule is Cc1cccc(C)c1NC(=O)c1nc(C(=O)N2CCCCCC2)n2ccccc12. The van der Waals surface area contributed by atoms with Crippen LogP contribution in [-0.2, 0) is 0 Å². The maximum absolute atomic E-state index is 13.2. The van der Waals surface area contributed by atoms with Gasteiger partial charge in [0.1, 0.15) is 0 Å². The highest BCUT2D eigenvalue weighted by Gasteiger charge is 2.26. The van der Waals surface area contributed by atoms with Gasteiger partial charge in [0.15, 0.2) is 5.69 Å². The first kappa shape index (κ1) is 19.2. The number of para-hydroxylation sites is 1. The predicted molar refractivity (Wildman–Crippen MR) is 113 cm³/mol. The molecule has 6 heteroatoms. The fourth-order valence-electron chi connectivity index (χ4n) is 3.96. The topological polar surface area (TPSA) is 66.7 Å². The molecule has 0 atom stereocenters. The molecule has 2 amide bonds. The average Bonchev–Trinajstić information content (AvgIpc) is 2.90. The molecule has 3 heterocycles. The summed E-state index contributed by atoms with van der Waals surface area (Å²) in [5.41, 5.74) is 3.67. The summed E-state index contributed by atoms with van der Waals surface area (Å²) < 4.78 is 1.73. The molecule has 0 saturated carbocycles. The van der Waals surface area contributed by atoms with Gasteiger partial charge in [-0.3, -0.25) is 14.0 Å². The number of fused-ring (bicyclic) bond motifs is 1. The Kier molecular flexibility index (Phi) is 5.34. The molecule has 1 aromatic carbocycles. The number of anilines is 1. The highest BCUT2D eigenvalue weighted by molar-refractivity contribution is 6.09. The lowest BCUT2D eigenvalue weighted by molar-refractivity contribution is 0.0748. The van der Waals surface area contributed by atoms with Crippen molar-refractivity contribution in [1.29, 1.82) is 0 Å². The zero-order valence-corrected chi connectivity index (χ0v) is 16.9. The highest BCUT2D eigenvalue weighted by atomic mass is 16.2. The molecule has 1 saturated heterocycles. The first-order valence-corrected chi connectivity index (χ1v) is 10.2. The number of pyridine rings is 1. The summed E-state index contributed by atoms with van der Waals surface area (Å²) in [6.45, 7) is 5.40. The molecule has 1 aliphatic rings. The number of carbonyl (C=O) groups excluding carboxylic acids is 2. The summed E-state index contributed by atoms with van der Waals surface area (Å²) in [6.07, 6.45) is 6.11. The molecule has 0 radical (unpaired) electrons. The van der Waals surface area contributed by atoms with Crippen molar-refractivity contribution in [2.75, 3.05) is 18.4 Å². The van der Waals surface area contributed by atoms with E-state index in [2.05, 4.69) is 10.3 Å². The van der Waals surface area contributed by atoms with Crippen molar-refractivity contribution in [3.63, 3.8) is 0 Å². The van der Waals surface area contributed by atoms with Gasteiger partial charge < -0.3 is 10.2 Å². The normalized spacial score (nSPS) is 14.6. The number of aryl methyl sites for hydroxylation is 2. The van der Waals surface area contributed by atoms with Gasteiger partial charge in [-0.05, 0) is 49.9 Å². The van der Waals surface area contributed by atoms with Crippen molar-refractivity contribution < 1.29 is 9.59 Å². The Labute approximate surface area is 170 Å². The van der Waals surface area contributed by atoms with Gasteiger partial charge in [0.2, 0.25) is 5.82 Å². The van der Waals surface area contributed by atoms with E-state index >= 15 is 0 Å². The van der Waals surface area contributed by atoms with Crippen molar-refractivity contribution in [3.05, 3.63) is 65.2 Å². The molecule has 1 N–H and O–H groups in total. The number of aromatic nitrogens is 2. The van der Waals surface area contributed by atoms with E-state index in [0.29, 0.717) is 11.3 Å². The Hall–Kier alpha value is -3.15. The van der Waals surface area contributed by atoms with Gasteiger partial charge >= 0.3 is 0 Å². The number of nitrogens with zero attached hydrogens (tertiary/aromatic N) is 3. The molecule has 1 fully saturated rings. The van der Waals surface area contributed by atoms with Gasteiger partial charge in [0.05, 0.1) is 5.52 Å². The lowest BCUT2D eigenvalue weighted by Crippen LogP contribution is -2.33. The third-order valence-electron chi connectivity index (χ3n) is 5.57. The minimum absolute atomic E-state index is 0.112. The lowest BCUT2D eigenvalue weighted by Gasteiger charge is -2.19. The first-order chi connectivity index (χ1) is 14.1. The standard InChI is InChI=1S/C23H26N4O2/c1-16-10-9-11-17(2)19(16)25-22(28)20-18-12-5-8-15-27(18)21(24-20)23(29)26-13-6-3-4-7-14-26/h5,8-12,15H,3-4,6-7,13-14H2,1-2H3,(H,25,28). The summed E-state index contributed by atoms with van der Waals surface area (Å²) in [6, 6.07) is 11.4. The van der Waals surface area contributed by atoms with Crippen LogP contribution in [0.25, 0.3) is 5.52 Å². The quantitative estimate of drug-likeness (QED) is 0.728. The van der Waals surface area contributed by atoms with Crippen molar-refractivity contribution in [3.8, 4) is 0 Å². The van der Waals surface area contributed by atoms with Gasteiger partial charge in [-0.15, -0.1) is 0 Å². The number of hydrogen-bond acceptors (Lipinski definition) is 3. The van der Waals surface area contributed by atoms with E-state index in [1.807, 2.05) is 55.1 Å². The molecule has 1 aliphatic heterocycles. The fraction of sp³-hybridized carbons (Fsp3) is 0.348. The maximum atomic E-state index is 13.2. The van der Waals surface area contributed by atoms with E-state index in [0.717, 1.165) is 55.6 Å². The van der Waals surface area contributed by atoms with E-state index < -0.39 is 0 Å². The number of rotatable bonds is 3. The Balaban J connectivity index is 1.70. The molecular formula is C23H26N4O2. The second kappa shape index (κ2) is 8.07. The molecule has 0 bridgehead atoms. The van der Waals surface area contributed by atoms with Gasteiger partial charge in [0.25, 0.3) is 11.8 Å². The van der Waals surface area contributed by atoms with E-state index in [9.17, 15) is 9.59 Å². The summed E-state index contributed by atoms with van der Waals surface area (Å²) in [4.78, 5) is 32.6. The third kappa shape index (κ3) is 3.75. The molecule has 150 valence electrons. The molecule has 2 aromatic heterocycles. The minimum Gasteiger partial charge on any atom is -0.336 e. The Bertz CT molecular complexity index is 1040. The van der Waals surface area contributed by atoms with E-state index in [4.69, 9.17) is 0 Å². The molecular weight excluding hydrogens is 364 g/mol. The number of hydrogen-bond donors (Lipinski definition) is 1. The van der Waals surface area contributed by atoms with Crippen molar-refractivity contribution in [1.82, 2.24) is 14.3 Å². The van der Waals surface area contributed by atoms with E-state index in [1.54, 1.807) is 10.6 Å². The molecule has 3 aromatic rings. The summed E-state index contributed by atoms with van der Waals surface area (Å²) in [5, 5.41) is 2.99. The largest absolute Gasteiger partial charge is 0.336 e. The number of nitrogens with one attached hydrogen (secondary N) is 1. The second-order valence-corrected chi connectivity index (χ2v) is 7.67. The van der Waals surface area contributed by atoms with Crippen LogP contribution in [0.2, 0.25) is 0 Å². The lowest BCUT2D eigenvalue weighted by atomic mass is 10.1. The van der Waals surface area contributed by atoms with Gasteiger partial charge in [-0.25, -0.2) is 4.98 Å². The maximum Gasteiger partial charge on any atom is 0.290 e. The number of carbonyl (C=O) groups is 2. The van der Waals surface area contributed by atoms with Crippen LogP contribution < -0.4 is 5.32 Å². The smallest absolute Gasteiger partial charge is 0.290 e. The summed E-state index contributed by atoms with van der Waals surface area (Å²) in [5.74, 6) is -0.116. The Morgan fingerprint density at radius 2 is 1.62 bits per heavy atom. The van der Waals surface area contributed by atoms with Crippen LogP contribution in [0.15, 0.2) is 42.6 Å². The van der Waals surface area contributed by atoms with E-state index in [1.165, 1.54) is 0 Å². The Morgan fingerprint density at radius 1 is 0.931 bits per heavy atom. The third-order valence-corrected chi connectivity index (χ3v) is 5.57. The van der Waals surface area contributed by atoms with Gasteiger partial charge in [0, 0.05) is 25.0 Å². The fourth-order valence-corrected chi connectivity index (χ4v) is 3.96. The number of amides is 2. The van der Waals surface area contributed by atoms with Crippen LogP contribution >= 0.6 is 0 Å². The number of benzene rings is 1. The van der Waals surface area contributed by atoms with Crippen molar-refractivity contribution in [2.45, 2.75) is 39.5 Å². The van der Waals surface area contributed by atoms with Crippen LogP contribution in [0, 0.1) is 13.8 Å². The Morgan fingerprint density at radius 3 is 2.31 bits per heavy atom. The second-order valence-electron chi connectivity index (χ2n) is 7.67. The van der Waals surface area contributed by atoms with Crippen LogP contribution in [0.3, 0.4) is 0 Å². The molecule has 29 heavy (non-hydrogen) atoms. The van der Waals surface area contributed by atoms with E-state index in [-0.39, 0.29) is 17.5 Å². The summed E-state index contributed by atoms with van der Waals surface area (Å²) in [7, 11) is 0. The molecule has 0 spiro atoms. The zero-order valence-electron chi connectivity index (χ0n) is 16.9.